The van der Waals surface area contributed by atoms with Crippen LogP contribution in [-0.2, 0) is 12.4 Å². The fourth-order valence-corrected chi connectivity index (χ4v) is 2.43. The molecule has 1 aromatic carbocycles. The van der Waals surface area contributed by atoms with Gasteiger partial charge in [-0.05, 0) is 18.2 Å². The monoisotopic (exact) mass is 425 g/mol. The summed E-state index contributed by atoms with van der Waals surface area (Å²) in [5, 5.41) is 13.4. The van der Waals surface area contributed by atoms with Crippen LogP contribution in [0.4, 0.5) is 26.3 Å². The predicted molar refractivity (Wildman–Crippen MR) is 86.3 cm³/mol. The Morgan fingerprint density at radius 2 is 1.79 bits per heavy atom. The predicted octanol–water partition coefficient (Wildman–Crippen LogP) is 4.38. The van der Waals surface area contributed by atoms with Gasteiger partial charge < -0.3 is 10.5 Å². The third kappa shape index (κ3) is 4.91. The average molecular weight is 426 g/mol. The van der Waals surface area contributed by atoms with Crippen molar-refractivity contribution < 1.29 is 36.3 Å². The van der Waals surface area contributed by atoms with Gasteiger partial charge in [0.25, 0.3) is 5.91 Å². The Hall–Kier alpha value is -2.82. The first kappa shape index (κ1) is 21.5. The molecular formula is C16H10ClF6N3O2. The summed E-state index contributed by atoms with van der Waals surface area (Å²) in [7, 11) is 0. The molecule has 2 N–H and O–H groups in total. The van der Waals surface area contributed by atoms with Crippen molar-refractivity contribution >= 4 is 23.2 Å². The highest BCUT2D eigenvalue weighted by Crippen LogP contribution is 2.32. The molecule has 0 radical (unpaired) electrons. The molecule has 1 heterocycles. The lowest BCUT2D eigenvalue weighted by atomic mass is 10.1. The fourth-order valence-electron chi connectivity index (χ4n) is 2.16. The summed E-state index contributed by atoms with van der Waals surface area (Å²) >= 11 is 5.71. The van der Waals surface area contributed by atoms with Crippen molar-refractivity contribution in [1.29, 1.82) is 0 Å². The largest absolute Gasteiger partial charge is 0.417 e. The fraction of sp³-hybridized carbons (Fsp3) is 0.188. The Kier molecular flexibility index (Phi) is 6.17. The molecule has 0 atom stereocenters. The molecule has 2 rings (SSSR count). The SMILES string of the molecule is O=C(NCC(=NO)c1ncc(C(F)(F)F)cc1Cl)c1ccccc1C(F)(F)F. The zero-order valence-corrected chi connectivity index (χ0v) is 14.3. The Morgan fingerprint density at radius 1 is 1.14 bits per heavy atom. The molecule has 0 fully saturated rings. The van der Waals surface area contributed by atoms with Gasteiger partial charge in [0, 0.05) is 6.20 Å². The smallest absolute Gasteiger partial charge is 0.411 e. The molecule has 0 aliphatic carbocycles. The number of nitrogens with one attached hydrogen (secondary N) is 1. The minimum atomic E-state index is -4.78. The van der Waals surface area contributed by atoms with Crippen LogP contribution >= 0.6 is 11.6 Å². The first-order chi connectivity index (χ1) is 12.9. The van der Waals surface area contributed by atoms with Gasteiger partial charge in [-0.3, -0.25) is 9.78 Å². The van der Waals surface area contributed by atoms with Gasteiger partial charge in [-0.2, -0.15) is 26.3 Å². The van der Waals surface area contributed by atoms with Crippen LogP contribution in [0.5, 0.6) is 0 Å². The van der Waals surface area contributed by atoms with Crippen molar-refractivity contribution in [3.05, 3.63) is 63.9 Å². The highest BCUT2D eigenvalue weighted by Gasteiger charge is 2.35. The second kappa shape index (κ2) is 8.05. The zero-order chi connectivity index (χ0) is 21.1. The number of rotatable bonds is 4. The summed E-state index contributed by atoms with van der Waals surface area (Å²) in [6.45, 7) is -0.639. The Bertz CT molecular complexity index is 912. The third-order valence-electron chi connectivity index (χ3n) is 3.46. The molecule has 150 valence electrons. The van der Waals surface area contributed by atoms with E-state index in [1.54, 1.807) is 0 Å². The second-order valence-electron chi connectivity index (χ2n) is 5.32. The van der Waals surface area contributed by atoms with Gasteiger partial charge in [-0.1, -0.05) is 28.9 Å². The van der Waals surface area contributed by atoms with Crippen LogP contribution in [0.2, 0.25) is 5.02 Å². The highest BCUT2D eigenvalue weighted by atomic mass is 35.5. The van der Waals surface area contributed by atoms with E-state index >= 15 is 0 Å². The number of aromatic nitrogens is 1. The summed E-state index contributed by atoms with van der Waals surface area (Å²) in [4.78, 5) is 15.5. The number of halogens is 7. The molecule has 0 aliphatic heterocycles. The zero-order valence-electron chi connectivity index (χ0n) is 13.6. The molecule has 0 saturated carbocycles. The molecule has 5 nitrogen and oxygen atoms in total. The maximum absolute atomic E-state index is 13.0. The van der Waals surface area contributed by atoms with Crippen LogP contribution in [-0.4, -0.2) is 28.4 Å². The number of hydrogen-bond donors (Lipinski definition) is 2. The minimum absolute atomic E-state index is 0.374. The van der Waals surface area contributed by atoms with E-state index in [1.807, 2.05) is 0 Å². The summed E-state index contributed by atoms with van der Waals surface area (Å²) in [5.41, 5.74) is -3.83. The van der Waals surface area contributed by atoms with Gasteiger partial charge in [0.15, 0.2) is 0 Å². The Balaban J connectivity index is 2.21. The van der Waals surface area contributed by atoms with Crippen molar-refractivity contribution in [3.63, 3.8) is 0 Å². The van der Waals surface area contributed by atoms with Crippen molar-refractivity contribution in [1.82, 2.24) is 10.3 Å². The van der Waals surface area contributed by atoms with Crippen molar-refractivity contribution in [2.75, 3.05) is 6.54 Å². The van der Waals surface area contributed by atoms with Crippen LogP contribution in [0, 0.1) is 0 Å². The van der Waals surface area contributed by atoms with Crippen molar-refractivity contribution in [2.24, 2.45) is 5.16 Å². The van der Waals surface area contributed by atoms with Crippen LogP contribution in [0.25, 0.3) is 0 Å². The average Bonchev–Trinajstić information content (AvgIpc) is 2.61. The number of amides is 1. The van der Waals surface area contributed by atoms with Crippen molar-refractivity contribution in [3.8, 4) is 0 Å². The number of carbonyl (C=O) groups is 1. The summed E-state index contributed by atoms with van der Waals surface area (Å²) in [6, 6.07) is 4.52. The van der Waals surface area contributed by atoms with Gasteiger partial charge in [-0.15, -0.1) is 0 Å². The quantitative estimate of drug-likeness (QED) is 0.330. The number of oxime groups is 1. The van der Waals surface area contributed by atoms with E-state index in [-0.39, 0.29) is 5.69 Å². The van der Waals surface area contributed by atoms with Crippen LogP contribution < -0.4 is 5.32 Å². The van der Waals surface area contributed by atoms with E-state index in [4.69, 9.17) is 16.8 Å². The van der Waals surface area contributed by atoms with E-state index < -0.39 is 52.2 Å². The molecule has 1 aromatic heterocycles. The Labute approximate surface area is 158 Å². The molecule has 0 saturated heterocycles. The van der Waals surface area contributed by atoms with Gasteiger partial charge >= 0.3 is 12.4 Å². The van der Waals surface area contributed by atoms with E-state index in [0.29, 0.717) is 18.3 Å². The summed E-state index contributed by atoms with van der Waals surface area (Å²) in [5.74, 6) is -1.14. The van der Waals surface area contributed by atoms with Gasteiger partial charge in [0.05, 0.1) is 28.3 Å². The number of nitrogens with zero attached hydrogens (tertiary/aromatic N) is 2. The first-order valence-electron chi connectivity index (χ1n) is 7.33. The molecular weight excluding hydrogens is 416 g/mol. The van der Waals surface area contributed by atoms with Crippen LogP contribution in [0.15, 0.2) is 41.7 Å². The van der Waals surface area contributed by atoms with Crippen LogP contribution in [0.1, 0.15) is 27.2 Å². The maximum Gasteiger partial charge on any atom is 0.417 e. The molecule has 2 aromatic rings. The lowest BCUT2D eigenvalue weighted by Crippen LogP contribution is -2.32. The molecule has 0 aliphatic rings. The lowest BCUT2D eigenvalue weighted by molar-refractivity contribution is -0.138. The number of benzene rings is 1. The third-order valence-corrected chi connectivity index (χ3v) is 3.74. The normalized spacial score (nSPS) is 12.8. The number of hydrogen-bond acceptors (Lipinski definition) is 4. The number of alkyl halides is 6. The van der Waals surface area contributed by atoms with E-state index in [1.165, 1.54) is 6.07 Å². The first-order valence-corrected chi connectivity index (χ1v) is 7.71. The van der Waals surface area contributed by atoms with Gasteiger partial charge in [0.2, 0.25) is 0 Å². The maximum atomic E-state index is 13.0. The molecule has 0 unspecified atom stereocenters. The highest BCUT2D eigenvalue weighted by molar-refractivity contribution is 6.34. The standard InChI is InChI=1S/C16H10ClF6N3O2/c17-11-5-8(15(18,19)20)6-24-13(11)12(26-28)7-25-14(27)9-3-1-2-4-10(9)16(21,22)23/h1-6,28H,7H2,(H,25,27). The van der Waals surface area contributed by atoms with E-state index in [2.05, 4.69) is 15.5 Å². The molecule has 0 bridgehead atoms. The summed E-state index contributed by atoms with van der Waals surface area (Å²) in [6.07, 6.45) is -9.05. The lowest BCUT2D eigenvalue weighted by Gasteiger charge is -2.13. The van der Waals surface area contributed by atoms with Crippen molar-refractivity contribution in [2.45, 2.75) is 12.4 Å². The number of pyridine rings is 1. The topological polar surface area (TPSA) is 74.6 Å². The van der Waals surface area contributed by atoms with Crippen LogP contribution in [0.3, 0.4) is 0 Å². The van der Waals surface area contributed by atoms with Gasteiger partial charge in [-0.25, -0.2) is 0 Å². The molecule has 0 spiro atoms. The van der Waals surface area contributed by atoms with E-state index in [9.17, 15) is 31.1 Å². The van der Waals surface area contributed by atoms with Gasteiger partial charge in [0.1, 0.15) is 11.4 Å². The molecule has 28 heavy (non-hydrogen) atoms. The minimum Gasteiger partial charge on any atom is -0.411 e. The summed E-state index contributed by atoms with van der Waals surface area (Å²) < 4.78 is 76.8. The number of carbonyl (C=O) groups excluding carboxylic acids is 1. The second-order valence-corrected chi connectivity index (χ2v) is 5.73. The van der Waals surface area contributed by atoms with E-state index in [0.717, 1.165) is 12.1 Å². The Morgan fingerprint density at radius 3 is 2.32 bits per heavy atom. The molecule has 1 amide bonds. The molecule has 12 heteroatoms.